The summed E-state index contributed by atoms with van der Waals surface area (Å²) in [6.07, 6.45) is 4.48. The highest BCUT2D eigenvalue weighted by atomic mass is 16.5. The molecule has 1 saturated heterocycles. The highest BCUT2D eigenvalue weighted by Crippen LogP contribution is 2.44. The van der Waals surface area contributed by atoms with Crippen LogP contribution in [0, 0.1) is 0 Å². The molecule has 0 unspecified atom stereocenters. The maximum absolute atomic E-state index is 13.1. The quantitative estimate of drug-likeness (QED) is 0.720. The molecule has 2 aliphatic rings. The summed E-state index contributed by atoms with van der Waals surface area (Å²) in [5.74, 6) is 0.808. The number of likely N-dealkylation sites (tertiary alicyclic amines) is 1. The van der Waals surface area contributed by atoms with Crippen molar-refractivity contribution in [2.24, 2.45) is 0 Å². The van der Waals surface area contributed by atoms with E-state index in [1.807, 2.05) is 36.4 Å². The predicted octanol–water partition coefficient (Wildman–Crippen LogP) is 3.28. The minimum Gasteiger partial charge on any atom is -0.487 e. The smallest absolute Gasteiger partial charge is 0.253 e. The van der Waals surface area contributed by atoms with Gasteiger partial charge in [0.1, 0.15) is 11.4 Å². The Kier molecular flexibility index (Phi) is 4.09. The molecular weight excluding hydrogens is 352 g/mol. The van der Waals surface area contributed by atoms with Gasteiger partial charge in [0.05, 0.1) is 23.3 Å². The molecule has 144 valence electrons. The number of carbonyl (C=O) groups is 1. The van der Waals surface area contributed by atoms with Gasteiger partial charge in [0.15, 0.2) is 0 Å². The molecule has 2 aromatic carbocycles. The van der Waals surface area contributed by atoms with Gasteiger partial charge in [-0.1, -0.05) is 30.3 Å². The lowest BCUT2D eigenvalue weighted by Crippen LogP contribution is -2.51. The lowest BCUT2D eigenvalue weighted by molar-refractivity contribution is -0.0195. The first-order valence-electron chi connectivity index (χ1n) is 9.83. The Hall–Kier alpha value is -2.86. The molecule has 5 rings (SSSR count). The molecule has 6 nitrogen and oxygen atoms in total. The summed E-state index contributed by atoms with van der Waals surface area (Å²) in [7, 11) is 2.15. The molecule has 0 aliphatic carbocycles. The Bertz CT molecular complexity index is 1020. The van der Waals surface area contributed by atoms with E-state index in [1.165, 1.54) is 0 Å². The predicted molar refractivity (Wildman–Crippen MR) is 107 cm³/mol. The third-order valence-corrected chi connectivity index (χ3v) is 6.12. The number of rotatable bonds is 2. The number of para-hydroxylation sites is 2. The summed E-state index contributed by atoms with van der Waals surface area (Å²) in [5, 5.41) is 11.2. The van der Waals surface area contributed by atoms with Crippen LogP contribution in [-0.4, -0.2) is 46.7 Å². The van der Waals surface area contributed by atoms with Crippen molar-refractivity contribution in [3.8, 4) is 5.75 Å². The van der Waals surface area contributed by atoms with Crippen LogP contribution in [0.5, 0.6) is 5.75 Å². The van der Waals surface area contributed by atoms with E-state index in [-0.39, 0.29) is 17.6 Å². The number of benzene rings is 2. The number of ether oxygens (including phenoxy) is 1. The Morgan fingerprint density at radius 3 is 2.89 bits per heavy atom. The number of aromatic nitrogens is 2. The van der Waals surface area contributed by atoms with Crippen LogP contribution in [0.3, 0.4) is 0 Å². The molecule has 6 heteroatoms. The topological polar surface area (TPSA) is 70.2 Å². The Morgan fingerprint density at radius 1 is 1.21 bits per heavy atom. The number of fused-ring (bicyclic) bond motifs is 2. The lowest BCUT2D eigenvalue weighted by Gasteiger charge is -2.46. The monoisotopic (exact) mass is 376 g/mol. The van der Waals surface area contributed by atoms with Crippen molar-refractivity contribution in [2.45, 2.75) is 30.9 Å². The first-order chi connectivity index (χ1) is 13.6. The normalized spacial score (nSPS) is 21.2. The second-order valence-electron chi connectivity index (χ2n) is 8.00. The average Bonchev–Trinajstić information content (AvgIpc) is 3.19. The second kappa shape index (κ2) is 6.63. The molecule has 0 saturated carbocycles. The molecule has 0 radical (unpaired) electrons. The van der Waals surface area contributed by atoms with Crippen molar-refractivity contribution >= 4 is 16.8 Å². The summed E-state index contributed by atoms with van der Waals surface area (Å²) < 4.78 is 6.49. The van der Waals surface area contributed by atoms with Crippen LogP contribution in [0.15, 0.2) is 48.7 Å². The van der Waals surface area contributed by atoms with Crippen molar-refractivity contribution in [1.82, 2.24) is 20.4 Å². The van der Waals surface area contributed by atoms with Gasteiger partial charge in [-0.15, -0.1) is 0 Å². The SMILES string of the molecule is CN1CCC2(CC1)C[C@H](NC(=O)c1cccc3cn[nH]c13)c1ccccc1O2. The maximum Gasteiger partial charge on any atom is 0.253 e. The minimum absolute atomic E-state index is 0.0703. The van der Waals surface area contributed by atoms with Crippen LogP contribution in [0.1, 0.15) is 41.2 Å². The Morgan fingerprint density at radius 2 is 2.04 bits per heavy atom. The fourth-order valence-corrected chi connectivity index (χ4v) is 4.47. The molecule has 3 heterocycles. The van der Waals surface area contributed by atoms with Crippen LogP contribution >= 0.6 is 0 Å². The molecule has 2 N–H and O–H groups in total. The Labute approximate surface area is 163 Å². The fourth-order valence-electron chi connectivity index (χ4n) is 4.47. The number of H-pyrrole nitrogens is 1. The van der Waals surface area contributed by atoms with E-state index in [2.05, 4.69) is 33.5 Å². The van der Waals surface area contributed by atoms with Gasteiger partial charge in [-0.25, -0.2) is 0 Å². The molecule has 3 aromatic rings. The van der Waals surface area contributed by atoms with Gasteiger partial charge in [0.25, 0.3) is 5.91 Å². The van der Waals surface area contributed by atoms with Crippen LogP contribution in [0.25, 0.3) is 10.9 Å². The number of piperidine rings is 1. The zero-order chi connectivity index (χ0) is 19.1. The molecule has 1 amide bonds. The first kappa shape index (κ1) is 17.3. The number of hydrogen-bond donors (Lipinski definition) is 2. The van der Waals surface area contributed by atoms with E-state index < -0.39 is 0 Å². The van der Waals surface area contributed by atoms with Crippen LogP contribution < -0.4 is 10.1 Å². The molecule has 28 heavy (non-hydrogen) atoms. The van der Waals surface area contributed by atoms with Crippen LogP contribution in [-0.2, 0) is 0 Å². The second-order valence-corrected chi connectivity index (χ2v) is 8.00. The molecule has 1 fully saturated rings. The maximum atomic E-state index is 13.1. The molecule has 0 bridgehead atoms. The Balaban J connectivity index is 1.46. The molecule has 1 spiro atoms. The number of nitrogens with zero attached hydrogens (tertiary/aromatic N) is 2. The van der Waals surface area contributed by atoms with Crippen molar-refractivity contribution < 1.29 is 9.53 Å². The van der Waals surface area contributed by atoms with Gasteiger partial charge in [0.2, 0.25) is 0 Å². The molecular formula is C22H24N4O2. The zero-order valence-corrected chi connectivity index (χ0v) is 15.9. The van der Waals surface area contributed by atoms with Gasteiger partial charge >= 0.3 is 0 Å². The largest absolute Gasteiger partial charge is 0.487 e. The summed E-state index contributed by atoms with van der Waals surface area (Å²) in [5.41, 5.74) is 2.24. The summed E-state index contributed by atoms with van der Waals surface area (Å²) >= 11 is 0. The molecule has 1 aromatic heterocycles. The third kappa shape index (κ3) is 2.94. The van der Waals surface area contributed by atoms with Gasteiger partial charge in [-0.05, 0) is 32.0 Å². The summed E-state index contributed by atoms with van der Waals surface area (Å²) in [4.78, 5) is 15.5. The zero-order valence-electron chi connectivity index (χ0n) is 15.9. The number of amides is 1. The van der Waals surface area contributed by atoms with E-state index in [0.29, 0.717) is 5.56 Å². The van der Waals surface area contributed by atoms with Crippen LogP contribution in [0.4, 0.5) is 0 Å². The van der Waals surface area contributed by atoms with Gasteiger partial charge in [-0.2, -0.15) is 5.10 Å². The number of hydrogen-bond acceptors (Lipinski definition) is 4. The van der Waals surface area contributed by atoms with Crippen molar-refractivity contribution in [1.29, 1.82) is 0 Å². The lowest BCUT2D eigenvalue weighted by atomic mass is 9.80. The molecule has 2 aliphatic heterocycles. The standard InChI is InChI=1S/C22H24N4O2/c1-26-11-9-22(10-12-26)13-18(16-6-2-3-8-19(16)28-22)24-21(27)17-7-4-5-15-14-23-25-20(15)17/h2-8,14,18H,9-13H2,1H3,(H,23,25)(H,24,27)/t18-/m0/s1. The van der Waals surface area contributed by atoms with Gasteiger partial charge < -0.3 is 15.0 Å². The van der Waals surface area contributed by atoms with E-state index in [1.54, 1.807) is 6.20 Å². The fraction of sp³-hybridized carbons (Fsp3) is 0.364. The van der Waals surface area contributed by atoms with E-state index in [9.17, 15) is 4.79 Å². The van der Waals surface area contributed by atoms with Crippen molar-refractivity contribution in [2.75, 3.05) is 20.1 Å². The summed E-state index contributed by atoms with van der Waals surface area (Å²) in [6, 6.07) is 13.7. The number of carbonyl (C=O) groups excluding carboxylic acids is 1. The third-order valence-electron chi connectivity index (χ3n) is 6.12. The number of nitrogens with one attached hydrogen (secondary N) is 2. The number of aromatic amines is 1. The minimum atomic E-state index is -0.210. The highest BCUT2D eigenvalue weighted by molar-refractivity contribution is 6.05. The van der Waals surface area contributed by atoms with Crippen LogP contribution in [0.2, 0.25) is 0 Å². The highest BCUT2D eigenvalue weighted by Gasteiger charge is 2.43. The summed E-state index contributed by atoms with van der Waals surface area (Å²) in [6.45, 7) is 2.02. The van der Waals surface area contributed by atoms with Gasteiger partial charge in [0, 0.05) is 30.5 Å². The van der Waals surface area contributed by atoms with Crippen molar-refractivity contribution in [3.63, 3.8) is 0 Å². The first-order valence-corrected chi connectivity index (χ1v) is 9.83. The average molecular weight is 376 g/mol. The van der Waals surface area contributed by atoms with E-state index in [0.717, 1.165) is 54.6 Å². The van der Waals surface area contributed by atoms with Crippen molar-refractivity contribution in [3.05, 3.63) is 59.8 Å². The van der Waals surface area contributed by atoms with E-state index >= 15 is 0 Å². The van der Waals surface area contributed by atoms with E-state index in [4.69, 9.17) is 4.74 Å². The van der Waals surface area contributed by atoms with Gasteiger partial charge in [-0.3, -0.25) is 9.89 Å². The molecule has 1 atom stereocenters.